The van der Waals surface area contributed by atoms with Gasteiger partial charge in [-0.15, -0.1) is 0 Å². The summed E-state index contributed by atoms with van der Waals surface area (Å²) in [6, 6.07) is 3.76. The lowest BCUT2D eigenvalue weighted by Gasteiger charge is -2.14. The second kappa shape index (κ2) is 2.36. The highest BCUT2D eigenvalue weighted by molar-refractivity contribution is 5.13. The fourth-order valence-corrected chi connectivity index (χ4v) is 1.41. The van der Waals surface area contributed by atoms with Crippen LogP contribution >= 0.6 is 0 Å². The Morgan fingerprint density at radius 1 is 1.50 bits per heavy atom. The van der Waals surface area contributed by atoms with E-state index in [0.29, 0.717) is 5.76 Å². The summed E-state index contributed by atoms with van der Waals surface area (Å²) in [7, 11) is 0. The summed E-state index contributed by atoms with van der Waals surface area (Å²) in [6.45, 7) is 3.99. The van der Waals surface area contributed by atoms with E-state index in [0.717, 1.165) is 18.6 Å². The number of aliphatic hydroxyl groups excluding tert-OH is 1. The Morgan fingerprint density at radius 2 is 2.17 bits per heavy atom. The Morgan fingerprint density at radius 3 is 2.58 bits per heavy atom. The van der Waals surface area contributed by atoms with E-state index in [4.69, 9.17) is 4.42 Å². The zero-order valence-electron chi connectivity index (χ0n) is 7.50. The van der Waals surface area contributed by atoms with Gasteiger partial charge in [-0.3, -0.25) is 0 Å². The number of furan rings is 1. The predicted molar refractivity (Wildman–Crippen MR) is 45.7 cm³/mol. The first-order valence-corrected chi connectivity index (χ1v) is 4.36. The first-order valence-electron chi connectivity index (χ1n) is 4.36. The van der Waals surface area contributed by atoms with E-state index in [1.807, 2.05) is 19.1 Å². The van der Waals surface area contributed by atoms with Gasteiger partial charge in [0, 0.05) is 5.41 Å². The third-order valence-electron chi connectivity index (χ3n) is 2.73. The molecule has 1 aliphatic rings. The smallest absolute Gasteiger partial charge is 0.133 e. The van der Waals surface area contributed by atoms with Gasteiger partial charge in [0.15, 0.2) is 0 Å². The molecule has 2 heteroatoms. The third-order valence-corrected chi connectivity index (χ3v) is 2.73. The zero-order chi connectivity index (χ0) is 8.77. The number of rotatable bonds is 2. The van der Waals surface area contributed by atoms with Crippen molar-refractivity contribution in [1.82, 2.24) is 0 Å². The van der Waals surface area contributed by atoms with Crippen LogP contribution in [0, 0.1) is 12.3 Å². The Bertz CT molecular complexity index is 284. The highest BCUT2D eigenvalue weighted by atomic mass is 16.4. The van der Waals surface area contributed by atoms with Crippen molar-refractivity contribution in [3.8, 4) is 0 Å². The van der Waals surface area contributed by atoms with Crippen molar-refractivity contribution in [3.05, 3.63) is 23.7 Å². The molecule has 12 heavy (non-hydrogen) atoms. The highest BCUT2D eigenvalue weighted by Gasteiger charge is 2.46. The van der Waals surface area contributed by atoms with Crippen molar-refractivity contribution in [1.29, 1.82) is 0 Å². The summed E-state index contributed by atoms with van der Waals surface area (Å²) in [6.07, 6.45) is 1.80. The van der Waals surface area contributed by atoms with E-state index in [-0.39, 0.29) is 5.41 Å². The third kappa shape index (κ3) is 1.16. The van der Waals surface area contributed by atoms with E-state index < -0.39 is 6.10 Å². The average molecular weight is 166 g/mol. The van der Waals surface area contributed by atoms with Crippen molar-refractivity contribution in [2.24, 2.45) is 5.41 Å². The van der Waals surface area contributed by atoms with Crippen LogP contribution in [0.25, 0.3) is 0 Å². The second-order valence-corrected chi connectivity index (χ2v) is 4.00. The molecule has 0 unspecified atom stereocenters. The van der Waals surface area contributed by atoms with Gasteiger partial charge in [-0.25, -0.2) is 0 Å². The van der Waals surface area contributed by atoms with Crippen molar-refractivity contribution in [2.45, 2.75) is 32.8 Å². The molecular weight excluding hydrogens is 152 g/mol. The molecule has 1 saturated carbocycles. The molecule has 0 saturated heterocycles. The van der Waals surface area contributed by atoms with Crippen LogP contribution in [0.2, 0.25) is 0 Å². The Labute approximate surface area is 72.2 Å². The van der Waals surface area contributed by atoms with Crippen molar-refractivity contribution in [2.75, 3.05) is 0 Å². The van der Waals surface area contributed by atoms with Crippen molar-refractivity contribution >= 4 is 0 Å². The molecule has 0 aliphatic heterocycles. The monoisotopic (exact) mass is 166 g/mol. The molecule has 1 aliphatic carbocycles. The molecule has 0 amide bonds. The van der Waals surface area contributed by atoms with E-state index >= 15 is 0 Å². The number of hydrogen-bond acceptors (Lipinski definition) is 2. The number of aliphatic hydroxyl groups is 1. The highest BCUT2D eigenvalue weighted by Crippen LogP contribution is 2.54. The van der Waals surface area contributed by atoms with Gasteiger partial charge >= 0.3 is 0 Å². The van der Waals surface area contributed by atoms with Crippen LogP contribution in [0.15, 0.2) is 16.5 Å². The summed E-state index contributed by atoms with van der Waals surface area (Å²) in [5.74, 6) is 1.58. The van der Waals surface area contributed by atoms with Crippen molar-refractivity contribution in [3.63, 3.8) is 0 Å². The molecule has 1 fully saturated rings. The number of hydrogen-bond donors (Lipinski definition) is 1. The first kappa shape index (κ1) is 7.87. The van der Waals surface area contributed by atoms with E-state index in [9.17, 15) is 5.11 Å². The second-order valence-electron chi connectivity index (χ2n) is 4.00. The minimum atomic E-state index is -0.411. The van der Waals surface area contributed by atoms with Crippen molar-refractivity contribution < 1.29 is 9.52 Å². The standard InChI is InChI=1S/C10H14O2/c1-7-3-4-8(12-7)9(11)10(2)5-6-10/h3-4,9,11H,5-6H2,1-2H3/t9-/m1/s1. The SMILES string of the molecule is Cc1ccc([C@@H](O)C2(C)CC2)o1. The largest absolute Gasteiger partial charge is 0.464 e. The van der Waals surface area contributed by atoms with Gasteiger partial charge < -0.3 is 9.52 Å². The molecular formula is C10H14O2. The lowest BCUT2D eigenvalue weighted by molar-refractivity contribution is 0.0802. The zero-order valence-corrected chi connectivity index (χ0v) is 7.50. The molecule has 2 rings (SSSR count). The summed E-state index contributed by atoms with van der Waals surface area (Å²) in [5, 5.41) is 9.84. The minimum absolute atomic E-state index is 0.0876. The van der Waals surface area contributed by atoms with E-state index in [1.54, 1.807) is 0 Å². The van der Waals surface area contributed by atoms with E-state index in [1.165, 1.54) is 0 Å². The molecule has 1 aromatic rings. The van der Waals surface area contributed by atoms with Crippen LogP contribution in [0.4, 0.5) is 0 Å². The lowest BCUT2D eigenvalue weighted by atomic mass is 10.0. The molecule has 0 bridgehead atoms. The van der Waals surface area contributed by atoms with Gasteiger partial charge in [0.05, 0.1) is 0 Å². The van der Waals surface area contributed by atoms with Crippen LogP contribution in [0.1, 0.15) is 37.4 Å². The molecule has 0 spiro atoms. The fourth-order valence-electron chi connectivity index (χ4n) is 1.41. The van der Waals surface area contributed by atoms with Gasteiger partial charge in [0.1, 0.15) is 17.6 Å². The Hall–Kier alpha value is -0.760. The Kier molecular flexibility index (Phi) is 1.55. The molecule has 0 radical (unpaired) electrons. The Balaban J connectivity index is 2.19. The summed E-state index contributed by atoms with van der Waals surface area (Å²) < 4.78 is 5.36. The first-order chi connectivity index (χ1) is 5.62. The van der Waals surface area contributed by atoms with Crippen LogP contribution < -0.4 is 0 Å². The quantitative estimate of drug-likeness (QED) is 0.732. The molecule has 1 aromatic heterocycles. The summed E-state index contributed by atoms with van der Waals surface area (Å²) >= 11 is 0. The normalized spacial score (nSPS) is 22.2. The van der Waals surface area contributed by atoms with Gasteiger partial charge in [-0.1, -0.05) is 6.92 Å². The molecule has 1 atom stereocenters. The average Bonchev–Trinajstić information content (AvgIpc) is 2.62. The number of aryl methyl sites for hydroxylation is 1. The van der Waals surface area contributed by atoms with Crippen LogP contribution in [0.3, 0.4) is 0 Å². The summed E-state index contributed by atoms with van der Waals surface area (Å²) in [4.78, 5) is 0. The van der Waals surface area contributed by atoms with Crippen LogP contribution in [-0.4, -0.2) is 5.11 Å². The maximum atomic E-state index is 9.84. The predicted octanol–water partition coefficient (Wildman–Crippen LogP) is 2.42. The molecule has 66 valence electrons. The molecule has 2 nitrogen and oxygen atoms in total. The molecule has 1 heterocycles. The topological polar surface area (TPSA) is 33.4 Å². The maximum Gasteiger partial charge on any atom is 0.133 e. The van der Waals surface area contributed by atoms with Gasteiger partial charge in [-0.2, -0.15) is 0 Å². The molecule has 1 N–H and O–H groups in total. The van der Waals surface area contributed by atoms with Crippen LogP contribution in [0.5, 0.6) is 0 Å². The van der Waals surface area contributed by atoms with Gasteiger partial charge in [0.25, 0.3) is 0 Å². The van der Waals surface area contributed by atoms with Gasteiger partial charge in [0.2, 0.25) is 0 Å². The minimum Gasteiger partial charge on any atom is -0.464 e. The molecule has 0 aromatic carbocycles. The van der Waals surface area contributed by atoms with Crippen LogP contribution in [-0.2, 0) is 0 Å². The lowest BCUT2D eigenvalue weighted by Crippen LogP contribution is -2.08. The van der Waals surface area contributed by atoms with Gasteiger partial charge in [-0.05, 0) is 31.9 Å². The maximum absolute atomic E-state index is 9.84. The van der Waals surface area contributed by atoms with E-state index in [2.05, 4.69) is 6.92 Å². The summed E-state index contributed by atoms with van der Waals surface area (Å²) in [5.41, 5.74) is 0.0876. The fraction of sp³-hybridized carbons (Fsp3) is 0.600.